The van der Waals surface area contributed by atoms with E-state index in [1.54, 1.807) is 16.8 Å². The summed E-state index contributed by atoms with van der Waals surface area (Å²) in [6, 6.07) is 5.48. The Morgan fingerprint density at radius 2 is 2.17 bits per heavy atom. The largest absolute Gasteiger partial charge is 0.310 e. The van der Waals surface area contributed by atoms with Crippen molar-refractivity contribution < 1.29 is 4.79 Å². The first-order chi connectivity index (χ1) is 11.0. The van der Waals surface area contributed by atoms with Crippen LogP contribution in [0.15, 0.2) is 34.0 Å². The maximum absolute atomic E-state index is 11.9. The maximum atomic E-state index is 11.9. The molecule has 3 heterocycles. The first kappa shape index (κ1) is 15.9. The lowest BCUT2D eigenvalue weighted by molar-refractivity contribution is -0.113. The number of fused-ring (bicyclic) bond motifs is 1. The first-order valence-electron chi connectivity index (χ1n) is 6.76. The molecule has 1 N–H and O–H groups in total. The number of nitrogens with zero attached hydrogens (tertiary/aromatic N) is 5. The van der Waals surface area contributed by atoms with Gasteiger partial charge in [-0.1, -0.05) is 11.8 Å². The van der Waals surface area contributed by atoms with Gasteiger partial charge in [0.05, 0.1) is 5.75 Å². The van der Waals surface area contributed by atoms with Gasteiger partial charge in [-0.05, 0) is 48.0 Å². The Morgan fingerprint density at radius 3 is 2.91 bits per heavy atom. The summed E-state index contributed by atoms with van der Waals surface area (Å²) < 4.78 is 2.53. The minimum absolute atomic E-state index is 0.162. The number of hydrogen-bond acceptors (Lipinski definition) is 6. The van der Waals surface area contributed by atoms with Crippen LogP contribution in [0.2, 0.25) is 0 Å². The number of anilines is 1. The third kappa shape index (κ3) is 3.85. The standard InChI is InChI=1S/C14H13BrN6OS/c1-8-5-9(2)21-13(17-8)19-14(20-21)23-7-12(22)18-11-4-3-10(15)6-16-11/h3-6H,7H2,1-2H3,(H,16,18,22). The molecule has 1 amide bonds. The van der Waals surface area contributed by atoms with Crippen molar-refractivity contribution in [1.29, 1.82) is 0 Å². The van der Waals surface area contributed by atoms with Crippen LogP contribution in [-0.4, -0.2) is 36.2 Å². The molecule has 0 bridgehead atoms. The van der Waals surface area contributed by atoms with E-state index in [4.69, 9.17) is 0 Å². The van der Waals surface area contributed by atoms with E-state index in [9.17, 15) is 4.79 Å². The number of rotatable bonds is 4. The number of aromatic nitrogens is 5. The number of carbonyl (C=O) groups excluding carboxylic acids is 1. The van der Waals surface area contributed by atoms with Gasteiger partial charge in [-0.2, -0.15) is 4.98 Å². The van der Waals surface area contributed by atoms with Crippen molar-refractivity contribution in [2.75, 3.05) is 11.1 Å². The Bertz CT molecular complexity index is 864. The number of thioether (sulfide) groups is 1. The predicted molar refractivity (Wildman–Crippen MR) is 91.5 cm³/mol. The molecule has 3 aromatic rings. The average Bonchev–Trinajstić information content (AvgIpc) is 2.91. The molecule has 23 heavy (non-hydrogen) atoms. The van der Waals surface area contributed by atoms with Crippen LogP contribution < -0.4 is 5.32 Å². The summed E-state index contributed by atoms with van der Waals surface area (Å²) in [4.78, 5) is 24.7. The summed E-state index contributed by atoms with van der Waals surface area (Å²) in [6.45, 7) is 3.85. The van der Waals surface area contributed by atoms with Crippen molar-refractivity contribution in [3.05, 3.63) is 40.3 Å². The Hall–Kier alpha value is -2.00. The molecule has 0 atom stereocenters. The van der Waals surface area contributed by atoms with Gasteiger partial charge >= 0.3 is 0 Å². The van der Waals surface area contributed by atoms with Gasteiger partial charge in [-0.15, -0.1) is 5.10 Å². The topological polar surface area (TPSA) is 85.1 Å². The highest BCUT2D eigenvalue weighted by Crippen LogP contribution is 2.16. The second kappa shape index (κ2) is 6.63. The Balaban J connectivity index is 1.64. The fourth-order valence-electron chi connectivity index (χ4n) is 1.97. The SMILES string of the molecule is Cc1cc(C)n2nc(SCC(=O)Nc3ccc(Br)cn3)nc2n1. The molecular weight excluding hydrogens is 380 g/mol. The van der Waals surface area contributed by atoms with E-state index in [1.807, 2.05) is 26.0 Å². The number of aryl methyl sites for hydroxylation is 2. The molecule has 3 rings (SSSR count). The number of nitrogens with one attached hydrogen (secondary N) is 1. The second-order valence-corrected chi connectivity index (χ2v) is 6.70. The third-order valence-electron chi connectivity index (χ3n) is 2.93. The molecule has 9 heteroatoms. The molecule has 7 nitrogen and oxygen atoms in total. The van der Waals surface area contributed by atoms with Crippen LogP contribution in [0.5, 0.6) is 0 Å². The number of pyridine rings is 1. The normalized spacial score (nSPS) is 10.9. The maximum Gasteiger partial charge on any atom is 0.253 e. The van der Waals surface area contributed by atoms with Gasteiger partial charge in [0.25, 0.3) is 5.78 Å². The zero-order valence-electron chi connectivity index (χ0n) is 12.4. The lowest BCUT2D eigenvalue weighted by Gasteiger charge is -2.02. The minimum atomic E-state index is -0.162. The van der Waals surface area contributed by atoms with Gasteiger partial charge in [-0.25, -0.2) is 14.5 Å². The van der Waals surface area contributed by atoms with Crippen molar-refractivity contribution >= 4 is 45.2 Å². The van der Waals surface area contributed by atoms with E-state index in [0.717, 1.165) is 15.9 Å². The summed E-state index contributed by atoms with van der Waals surface area (Å²) >= 11 is 4.56. The van der Waals surface area contributed by atoms with Gasteiger partial charge in [-0.3, -0.25) is 4.79 Å². The van der Waals surface area contributed by atoms with Crippen LogP contribution in [-0.2, 0) is 4.79 Å². The molecule has 0 aliphatic carbocycles. The Kier molecular flexibility index (Phi) is 4.58. The van der Waals surface area contributed by atoms with Gasteiger partial charge in [0, 0.05) is 22.1 Å². The zero-order chi connectivity index (χ0) is 16.4. The molecule has 0 aliphatic heterocycles. The summed E-state index contributed by atoms with van der Waals surface area (Å²) in [5.41, 5.74) is 1.84. The highest BCUT2D eigenvalue weighted by Gasteiger charge is 2.11. The molecule has 0 spiro atoms. The van der Waals surface area contributed by atoms with E-state index in [1.165, 1.54) is 11.8 Å². The van der Waals surface area contributed by atoms with E-state index in [2.05, 4.69) is 41.3 Å². The van der Waals surface area contributed by atoms with Crippen molar-refractivity contribution in [2.45, 2.75) is 19.0 Å². The van der Waals surface area contributed by atoms with E-state index < -0.39 is 0 Å². The second-order valence-electron chi connectivity index (χ2n) is 4.84. The fourth-order valence-corrected chi connectivity index (χ4v) is 2.82. The van der Waals surface area contributed by atoms with Crippen LogP contribution in [0.25, 0.3) is 5.78 Å². The van der Waals surface area contributed by atoms with Gasteiger partial charge in [0.15, 0.2) is 0 Å². The van der Waals surface area contributed by atoms with E-state index in [-0.39, 0.29) is 11.7 Å². The summed E-state index contributed by atoms with van der Waals surface area (Å²) in [5.74, 6) is 1.09. The molecule has 0 radical (unpaired) electrons. The predicted octanol–water partition coefficient (Wildman–Crippen LogP) is 2.63. The first-order valence-corrected chi connectivity index (χ1v) is 8.54. The van der Waals surface area contributed by atoms with Crippen molar-refractivity contribution in [1.82, 2.24) is 24.6 Å². The zero-order valence-corrected chi connectivity index (χ0v) is 14.8. The Morgan fingerprint density at radius 1 is 1.35 bits per heavy atom. The fraction of sp³-hybridized carbons (Fsp3) is 0.214. The van der Waals surface area contributed by atoms with Crippen LogP contribution in [0.1, 0.15) is 11.4 Å². The number of halogens is 1. The van der Waals surface area contributed by atoms with Gasteiger partial charge in [0.1, 0.15) is 5.82 Å². The summed E-state index contributed by atoms with van der Waals surface area (Å²) in [5, 5.41) is 7.59. The highest BCUT2D eigenvalue weighted by molar-refractivity contribution is 9.10. The highest BCUT2D eigenvalue weighted by atomic mass is 79.9. The molecule has 118 valence electrons. The van der Waals surface area contributed by atoms with Crippen LogP contribution in [0, 0.1) is 13.8 Å². The van der Waals surface area contributed by atoms with Crippen molar-refractivity contribution in [3.63, 3.8) is 0 Å². The van der Waals surface area contributed by atoms with Crippen LogP contribution in [0.4, 0.5) is 5.82 Å². The summed E-state index contributed by atoms with van der Waals surface area (Å²) in [7, 11) is 0. The summed E-state index contributed by atoms with van der Waals surface area (Å²) in [6.07, 6.45) is 1.63. The van der Waals surface area contributed by atoms with Crippen LogP contribution in [0.3, 0.4) is 0 Å². The Labute approximate surface area is 145 Å². The lowest BCUT2D eigenvalue weighted by Crippen LogP contribution is -2.15. The molecule has 0 unspecified atom stereocenters. The number of hydrogen-bond donors (Lipinski definition) is 1. The minimum Gasteiger partial charge on any atom is -0.310 e. The van der Waals surface area contributed by atoms with Crippen LogP contribution >= 0.6 is 27.7 Å². The number of carbonyl (C=O) groups is 1. The van der Waals surface area contributed by atoms with E-state index in [0.29, 0.717) is 16.8 Å². The van der Waals surface area contributed by atoms with E-state index >= 15 is 0 Å². The molecule has 0 saturated heterocycles. The molecule has 0 saturated carbocycles. The van der Waals surface area contributed by atoms with Gasteiger partial charge in [0.2, 0.25) is 11.1 Å². The quantitative estimate of drug-likeness (QED) is 0.686. The number of amides is 1. The van der Waals surface area contributed by atoms with Crippen molar-refractivity contribution in [2.24, 2.45) is 0 Å². The monoisotopic (exact) mass is 392 g/mol. The molecule has 0 aliphatic rings. The molecule has 0 fully saturated rings. The molecule has 0 aromatic carbocycles. The average molecular weight is 393 g/mol. The molecule has 3 aromatic heterocycles. The van der Waals surface area contributed by atoms with Gasteiger partial charge < -0.3 is 5.32 Å². The third-order valence-corrected chi connectivity index (χ3v) is 4.23. The molecular formula is C14H13BrN6OS. The smallest absolute Gasteiger partial charge is 0.253 e. The van der Waals surface area contributed by atoms with Crippen molar-refractivity contribution in [3.8, 4) is 0 Å². The lowest BCUT2D eigenvalue weighted by atomic mass is 10.4.